The number of hydrogen-bond donors (Lipinski definition) is 1. The second kappa shape index (κ2) is 10.5. The highest BCUT2D eigenvalue weighted by Crippen LogP contribution is 2.13. The van der Waals surface area contributed by atoms with Crippen molar-refractivity contribution in [3.8, 4) is 0 Å². The maximum Gasteiger partial charge on any atom is 0.127 e. The Bertz CT molecular complexity index is 423. The molecule has 0 atom stereocenters. The largest absolute Gasteiger partial charge is 0.383 e. The second-order valence-corrected chi connectivity index (χ2v) is 5.12. The molecule has 0 fully saturated rings. The minimum Gasteiger partial charge on any atom is -0.383 e. The Labute approximate surface area is 127 Å². The van der Waals surface area contributed by atoms with Crippen molar-refractivity contribution in [3.63, 3.8) is 0 Å². The van der Waals surface area contributed by atoms with Gasteiger partial charge < -0.3 is 10.1 Å². The molecule has 0 bridgehead atoms. The van der Waals surface area contributed by atoms with E-state index in [1.807, 2.05) is 18.2 Å². The Morgan fingerprint density at radius 1 is 1.43 bits per heavy atom. The Morgan fingerprint density at radius 3 is 2.90 bits per heavy atom. The molecule has 1 rings (SSSR count). The molecule has 0 heterocycles. The first-order valence-corrected chi connectivity index (χ1v) is 7.51. The van der Waals surface area contributed by atoms with Crippen molar-refractivity contribution in [1.82, 2.24) is 10.2 Å². The normalized spacial score (nSPS) is 11.0. The van der Waals surface area contributed by atoms with E-state index in [-0.39, 0.29) is 5.82 Å². The third-order valence-electron chi connectivity index (χ3n) is 3.26. The van der Waals surface area contributed by atoms with Crippen molar-refractivity contribution in [2.75, 3.05) is 33.4 Å². The van der Waals surface area contributed by atoms with E-state index < -0.39 is 0 Å². The number of nitrogens with one attached hydrogen (secondary N) is 1. The highest BCUT2D eigenvalue weighted by molar-refractivity contribution is 5.25. The van der Waals surface area contributed by atoms with Crippen LogP contribution in [0.15, 0.2) is 30.9 Å². The Balaban J connectivity index is 2.69. The predicted octanol–water partition coefficient (Wildman–Crippen LogP) is 2.96. The fourth-order valence-corrected chi connectivity index (χ4v) is 2.15. The summed E-state index contributed by atoms with van der Waals surface area (Å²) in [5, 5.41) is 3.34. The summed E-state index contributed by atoms with van der Waals surface area (Å²) in [5.41, 5.74) is 1.84. The molecule has 3 nitrogen and oxygen atoms in total. The number of hydrogen-bond acceptors (Lipinski definition) is 3. The molecule has 0 unspecified atom stereocenters. The van der Waals surface area contributed by atoms with Crippen LogP contribution in [0, 0.1) is 5.82 Å². The van der Waals surface area contributed by atoms with Gasteiger partial charge in [-0.15, -0.1) is 6.58 Å². The van der Waals surface area contributed by atoms with Crippen LogP contribution >= 0.6 is 0 Å². The molecule has 0 saturated heterocycles. The van der Waals surface area contributed by atoms with Gasteiger partial charge in [0, 0.05) is 38.9 Å². The van der Waals surface area contributed by atoms with Crippen LogP contribution in [0.5, 0.6) is 0 Å². The van der Waals surface area contributed by atoms with Gasteiger partial charge >= 0.3 is 0 Å². The molecule has 0 aliphatic carbocycles. The van der Waals surface area contributed by atoms with E-state index in [9.17, 15) is 4.39 Å². The maximum absolute atomic E-state index is 14.0. The summed E-state index contributed by atoms with van der Waals surface area (Å²) in [4.78, 5) is 2.12. The number of rotatable bonds is 11. The van der Waals surface area contributed by atoms with E-state index in [1.165, 1.54) is 0 Å². The molecule has 1 aromatic rings. The SMILES string of the molecule is C=CCN(CCOC)Cc1cc(CNCCC)ccc1F. The molecule has 1 N–H and O–H groups in total. The summed E-state index contributed by atoms with van der Waals surface area (Å²) in [7, 11) is 1.67. The summed E-state index contributed by atoms with van der Waals surface area (Å²) >= 11 is 0. The minimum atomic E-state index is -0.152. The van der Waals surface area contributed by atoms with E-state index >= 15 is 0 Å². The maximum atomic E-state index is 14.0. The first-order valence-electron chi connectivity index (χ1n) is 7.51. The van der Waals surface area contributed by atoms with Crippen LogP contribution in [0.4, 0.5) is 4.39 Å². The third kappa shape index (κ3) is 6.85. The Hall–Kier alpha value is -1.23. The molecule has 4 heteroatoms. The van der Waals surface area contributed by atoms with Crippen molar-refractivity contribution in [3.05, 3.63) is 47.8 Å². The molecule has 0 saturated carbocycles. The number of methoxy groups -OCH3 is 1. The summed E-state index contributed by atoms with van der Waals surface area (Å²) in [6, 6.07) is 5.34. The standard InChI is InChI=1S/C17H27FN2O/c1-4-8-19-13-15-6-7-17(18)16(12-15)14-20(9-5-2)10-11-21-3/h5-7,12,19H,2,4,8-11,13-14H2,1,3H3. The number of ether oxygens (including phenoxy) is 1. The summed E-state index contributed by atoms with van der Waals surface area (Å²) in [5.74, 6) is -0.152. The van der Waals surface area contributed by atoms with Crippen LogP contribution in [0.2, 0.25) is 0 Å². The average molecular weight is 294 g/mol. The highest BCUT2D eigenvalue weighted by Gasteiger charge is 2.09. The summed E-state index contributed by atoms with van der Waals surface area (Å²) < 4.78 is 19.1. The van der Waals surface area contributed by atoms with Crippen LogP contribution in [-0.2, 0) is 17.8 Å². The van der Waals surface area contributed by atoms with Gasteiger partial charge in [0.15, 0.2) is 0 Å². The lowest BCUT2D eigenvalue weighted by molar-refractivity contribution is 0.150. The molecule has 0 amide bonds. The van der Waals surface area contributed by atoms with E-state index in [0.717, 1.165) is 43.7 Å². The Kier molecular flexibility index (Phi) is 8.90. The molecule has 0 aliphatic rings. The van der Waals surface area contributed by atoms with Crippen LogP contribution in [0.25, 0.3) is 0 Å². The monoisotopic (exact) mass is 294 g/mol. The molecular formula is C17H27FN2O. The number of halogens is 1. The van der Waals surface area contributed by atoms with Crippen molar-refractivity contribution < 1.29 is 9.13 Å². The van der Waals surface area contributed by atoms with Crippen molar-refractivity contribution in [2.24, 2.45) is 0 Å². The molecule has 21 heavy (non-hydrogen) atoms. The van der Waals surface area contributed by atoms with E-state index in [0.29, 0.717) is 13.2 Å². The minimum absolute atomic E-state index is 0.152. The predicted molar refractivity (Wildman–Crippen MR) is 85.7 cm³/mol. The van der Waals surface area contributed by atoms with Crippen molar-refractivity contribution in [1.29, 1.82) is 0 Å². The van der Waals surface area contributed by atoms with Crippen LogP contribution in [0.3, 0.4) is 0 Å². The highest BCUT2D eigenvalue weighted by atomic mass is 19.1. The van der Waals surface area contributed by atoms with Gasteiger partial charge in [-0.3, -0.25) is 4.90 Å². The lowest BCUT2D eigenvalue weighted by Crippen LogP contribution is -2.27. The first-order chi connectivity index (χ1) is 10.2. The second-order valence-electron chi connectivity index (χ2n) is 5.12. The van der Waals surface area contributed by atoms with Gasteiger partial charge in [0.1, 0.15) is 5.82 Å². The van der Waals surface area contributed by atoms with Gasteiger partial charge in [-0.25, -0.2) is 4.39 Å². The van der Waals surface area contributed by atoms with Gasteiger partial charge in [0.05, 0.1) is 6.61 Å². The van der Waals surface area contributed by atoms with Crippen molar-refractivity contribution >= 4 is 0 Å². The van der Waals surface area contributed by atoms with Crippen LogP contribution < -0.4 is 5.32 Å². The molecule has 118 valence electrons. The van der Waals surface area contributed by atoms with Gasteiger partial charge in [-0.1, -0.05) is 25.1 Å². The van der Waals surface area contributed by atoms with Crippen LogP contribution in [-0.4, -0.2) is 38.3 Å². The fourth-order valence-electron chi connectivity index (χ4n) is 2.15. The lowest BCUT2D eigenvalue weighted by Gasteiger charge is -2.21. The van der Waals surface area contributed by atoms with Gasteiger partial charge in [0.2, 0.25) is 0 Å². The zero-order chi connectivity index (χ0) is 15.5. The van der Waals surface area contributed by atoms with Gasteiger partial charge in [-0.2, -0.15) is 0 Å². The topological polar surface area (TPSA) is 24.5 Å². The zero-order valence-corrected chi connectivity index (χ0v) is 13.2. The summed E-state index contributed by atoms with van der Waals surface area (Å²) in [6.07, 6.45) is 2.93. The number of nitrogens with zero attached hydrogens (tertiary/aromatic N) is 1. The first kappa shape index (κ1) is 17.8. The fraction of sp³-hybridized carbons (Fsp3) is 0.529. The zero-order valence-electron chi connectivity index (χ0n) is 13.2. The number of benzene rings is 1. The molecule has 0 radical (unpaired) electrons. The van der Waals surface area contributed by atoms with E-state index in [2.05, 4.69) is 23.7 Å². The summed E-state index contributed by atoms with van der Waals surface area (Å²) in [6.45, 7) is 10.3. The average Bonchev–Trinajstić information content (AvgIpc) is 2.48. The van der Waals surface area contributed by atoms with Gasteiger partial charge in [-0.05, 0) is 24.6 Å². The molecule has 0 aromatic heterocycles. The lowest BCUT2D eigenvalue weighted by atomic mass is 10.1. The third-order valence-corrected chi connectivity index (χ3v) is 3.26. The molecular weight excluding hydrogens is 267 g/mol. The van der Waals surface area contributed by atoms with Crippen molar-refractivity contribution in [2.45, 2.75) is 26.4 Å². The van der Waals surface area contributed by atoms with E-state index in [4.69, 9.17) is 4.74 Å². The molecule has 1 aromatic carbocycles. The quantitative estimate of drug-likeness (QED) is 0.501. The van der Waals surface area contributed by atoms with Crippen LogP contribution in [0.1, 0.15) is 24.5 Å². The van der Waals surface area contributed by atoms with Gasteiger partial charge in [0.25, 0.3) is 0 Å². The smallest absolute Gasteiger partial charge is 0.127 e. The molecule has 0 aliphatic heterocycles. The Morgan fingerprint density at radius 2 is 2.24 bits per heavy atom. The molecule has 0 spiro atoms. The van der Waals surface area contributed by atoms with E-state index in [1.54, 1.807) is 13.2 Å².